The van der Waals surface area contributed by atoms with E-state index in [4.69, 9.17) is 10.5 Å². The molecule has 1 heterocycles. The summed E-state index contributed by atoms with van der Waals surface area (Å²) in [6, 6.07) is 9.61. The van der Waals surface area contributed by atoms with Crippen molar-refractivity contribution in [3.05, 3.63) is 56.7 Å². The van der Waals surface area contributed by atoms with Crippen LogP contribution in [0.4, 0.5) is 0 Å². The van der Waals surface area contributed by atoms with E-state index in [0.29, 0.717) is 6.42 Å². The molecule has 100 valence electrons. The van der Waals surface area contributed by atoms with Gasteiger partial charge in [-0.25, -0.2) is 0 Å². The first-order valence-electron chi connectivity index (χ1n) is 5.79. The molecule has 0 bridgehead atoms. The lowest BCUT2D eigenvalue weighted by atomic mass is 10.0. The number of ether oxygens (including phenoxy) is 1. The molecule has 5 heteroatoms. The van der Waals surface area contributed by atoms with E-state index in [1.807, 2.05) is 30.3 Å². The summed E-state index contributed by atoms with van der Waals surface area (Å²) in [5.41, 5.74) is 8.18. The van der Waals surface area contributed by atoms with Crippen molar-refractivity contribution in [1.82, 2.24) is 4.98 Å². The minimum absolute atomic E-state index is 0.142. The van der Waals surface area contributed by atoms with Crippen LogP contribution >= 0.6 is 31.9 Å². The minimum Gasteiger partial charge on any atom is -0.497 e. The predicted molar refractivity (Wildman–Crippen MR) is 83.3 cm³/mol. The van der Waals surface area contributed by atoms with E-state index in [0.717, 1.165) is 26.0 Å². The molecule has 0 saturated carbocycles. The lowest BCUT2D eigenvalue weighted by molar-refractivity contribution is 0.414. The van der Waals surface area contributed by atoms with Gasteiger partial charge in [0.1, 0.15) is 5.75 Å². The molecule has 1 aromatic heterocycles. The molecule has 0 fully saturated rings. The largest absolute Gasteiger partial charge is 0.497 e. The van der Waals surface area contributed by atoms with Gasteiger partial charge in [0.25, 0.3) is 0 Å². The van der Waals surface area contributed by atoms with Gasteiger partial charge in [-0.1, -0.05) is 15.9 Å². The van der Waals surface area contributed by atoms with Crippen molar-refractivity contribution in [2.24, 2.45) is 5.73 Å². The third kappa shape index (κ3) is 3.78. The molecular weight excluding hydrogens is 372 g/mol. The van der Waals surface area contributed by atoms with Gasteiger partial charge in [0, 0.05) is 15.1 Å². The molecule has 0 radical (unpaired) electrons. The first kappa shape index (κ1) is 14.5. The number of nitrogens with two attached hydrogens (primary N) is 1. The van der Waals surface area contributed by atoms with Gasteiger partial charge in [-0.15, -0.1) is 0 Å². The smallest absolute Gasteiger partial charge is 0.119 e. The van der Waals surface area contributed by atoms with E-state index in [1.54, 1.807) is 13.3 Å². The highest BCUT2D eigenvalue weighted by Crippen LogP contribution is 2.26. The molecule has 0 amide bonds. The van der Waals surface area contributed by atoms with Crippen LogP contribution in [0.2, 0.25) is 0 Å². The molecule has 2 rings (SSSR count). The van der Waals surface area contributed by atoms with E-state index < -0.39 is 0 Å². The number of benzene rings is 1. The summed E-state index contributed by atoms with van der Waals surface area (Å²) in [5.74, 6) is 0.828. The zero-order valence-electron chi connectivity index (χ0n) is 10.4. The number of pyridine rings is 1. The Kier molecular flexibility index (Phi) is 4.96. The number of methoxy groups -OCH3 is 1. The van der Waals surface area contributed by atoms with Crippen LogP contribution in [-0.4, -0.2) is 12.1 Å². The SMILES string of the molecule is COc1ccc(Br)c(CC(N)c2ccc(Br)cn2)c1. The highest BCUT2D eigenvalue weighted by molar-refractivity contribution is 9.10. The maximum absolute atomic E-state index is 6.20. The Morgan fingerprint density at radius 3 is 2.68 bits per heavy atom. The minimum atomic E-state index is -0.142. The maximum atomic E-state index is 6.20. The van der Waals surface area contributed by atoms with Crippen LogP contribution in [0.3, 0.4) is 0 Å². The topological polar surface area (TPSA) is 48.1 Å². The number of hydrogen-bond acceptors (Lipinski definition) is 3. The van der Waals surface area contributed by atoms with E-state index in [1.165, 1.54) is 0 Å². The second-order valence-electron chi connectivity index (χ2n) is 4.17. The van der Waals surface area contributed by atoms with Crippen LogP contribution in [0.25, 0.3) is 0 Å². The van der Waals surface area contributed by atoms with Crippen LogP contribution < -0.4 is 10.5 Å². The van der Waals surface area contributed by atoms with Gasteiger partial charge in [0.15, 0.2) is 0 Å². The monoisotopic (exact) mass is 384 g/mol. The van der Waals surface area contributed by atoms with Crippen LogP contribution in [0.15, 0.2) is 45.5 Å². The Hall–Kier alpha value is -0.910. The number of halogens is 2. The molecule has 1 atom stereocenters. The van der Waals surface area contributed by atoms with Gasteiger partial charge >= 0.3 is 0 Å². The Morgan fingerprint density at radius 1 is 1.26 bits per heavy atom. The fraction of sp³-hybridized carbons (Fsp3) is 0.214. The lowest BCUT2D eigenvalue weighted by Gasteiger charge is -2.13. The molecular formula is C14H14Br2N2O. The standard InChI is InChI=1S/C14H14Br2N2O/c1-19-11-3-4-12(16)9(6-11)7-13(17)14-5-2-10(15)8-18-14/h2-6,8,13H,7,17H2,1H3. The molecule has 1 aromatic carbocycles. The van der Waals surface area contributed by atoms with Gasteiger partial charge in [-0.3, -0.25) is 4.98 Å². The molecule has 2 N–H and O–H groups in total. The Labute approximate surface area is 129 Å². The summed E-state index contributed by atoms with van der Waals surface area (Å²) in [6.45, 7) is 0. The van der Waals surface area contributed by atoms with Crippen molar-refractivity contribution in [1.29, 1.82) is 0 Å². The van der Waals surface area contributed by atoms with Gasteiger partial charge in [0.05, 0.1) is 18.8 Å². The van der Waals surface area contributed by atoms with Crippen molar-refractivity contribution in [3.8, 4) is 5.75 Å². The fourth-order valence-corrected chi connectivity index (χ4v) is 2.43. The second-order valence-corrected chi connectivity index (χ2v) is 5.94. The third-order valence-electron chi connectivity index (χ3n) is 2.82. The first-order valence-corrected chi connectivity index (χ1v) is 7.38. The molecule has 3 nitrogen and oxygen atoms in total. The number of hydrogen-bond donors (Lipinski definition) is 1. The lowest BCUT2D eigenvalue weighted by Crippen LogP contribution is -2.15. The summed E-state index contributed by atoms with van der Waals surface area (Å²) in [5, 5.41) is 0. The average Bonchev–Trinajstić information content (AvgIpc) is 2.42. The van der Waals surface area contributed by atoms with Crippen LogP contribution in [0.1, 0.15) is 17.3 Å². The van der Waals surface area contributed by atoms with Crippen LogP contribution in [0.5, 0.6) is 5.75 Å². The van der Waals surface area contributed by atoms with E-state index >= 15 is 0 Å². The summed E-state index contributed by atoms with van der Waals surface area (Å²) in [7, 11) is 1.66. The number of aromatic nitrogens is 1. The fourth-order valence-electron chi connectivity index (χ4n) is 1.78. The maximum Gasteiger partial charge on any atom is 0.119 e. The molecule has 0 aliphatic rings. The summed E-state index contributed by atoms with van der Waals surface area (Å²) in [6.07, 6.45) is 2.46. The van der Waals surface area contributed by atoms with E-state index in [2.05, 4.69) is 36.8 Å². The normalized spacial score (nSPS) is 12.2. The molecule has 0 saturated heterocycles. The zero-order chi connectivity index (χ0) is 13.8. The molecule has 0 aliphatic heterocycles. The highest BCUT2D eigenvalue weighted by atomic mass is 79.9. The number of rotatable bonds is 4. The Balaban J connectivity index is 2.18. The number of nitrogens with zero attached hydrogens (tertiary/aromatic N) is 1. The average molecular weight is 386 g/mol. The van der Waals surface area contributed by atoms with Gasteiger partial charge in [0.2, 0.25) is 0 Å². The van der Waals surface area contributed by atoms with Gasteiger partial charge in [-0.05, 0) is 58.2 Å². The van der Waals surface area contributed by atoms with Gasteiger partial charge < -0.3 is 10.5 Å². The molecule has 2 aromatic rings. The summed E-state index contributed by atoms with van der Waals surface area (Å²) < 4.78 is 7.21. The predicted octanol–water partition coefficient (Wildman–Crippen LogP) is 3.86. The quantitative estimate of drug-likeness (QED) is 0.869. The second kappa shape index (κ2) is 6.50. The Bertz CT molecular complexity index is 558. The Morgan fingerprint density at radius 2 is 2.05 bits per heavy atom. The third-order valence-corrected chi connectivity index (χ3v) is 4.07. The molecule has 1 unspecified atom stereocenters. The van der Waals surface area contributed by atoms with E-state index in [9.17, 15) is 0 Å². The van der Waals surface area contributed by atoms with Crippen LogP contribution in [-0.2, 0) is 6.42 Å². The van der Waals surface area contributed by atoms with Crippen LogP contribution in [0, 0.1) is 0 Å². The molecule has 0 aliphatic carbocycles. The summed E-state index contributed by atoms with van der Waals surface area (Å²) in [4.78, 5) is 4.33. The zero-order valence-corrected chi connectivity index (χ0v) is 13.6. The van der Waals surface area contributed by atoms with Gasteiger partial charge in [-0.2, -0.15) is 0 Å². The first-order chi connectivity index (χ1) is 9.10. The molecule has 19 heavy (non-hydrogen) atoms. The summed E-state index contributed by atoms with van der Waals surface area (Å²) >= 11 is 6.90. The van der Waals surface area contributed by atoms with Crippen molar-refractivity contribution in [3.63, 3.8) is 0 Å². The van der Waals surface area contributed by atoms with Crippen molar-refractivity contribution in [2.45, 2.75) is 12.5 Å². The highest BCUT2D eigenvalue weighted by Gasteiger charge is 2.11. The van der Waals surface area contributed by atoms with E-state index in [-0.39, 0.29) is 6.04 Å². The van der Waals surface area contributed by atoms with Crippen molar-refractivity contribution < 1.29 is 4.74 Å². The van der Waals surface area contributed by atoms with Crippen molar-refractivity contribution >= 4 is 31.9 Å². The molecule has 0 spiro atoms. The van der Waals surface area contributed by atoms with Crippen molar-refractivity contribution in [2.75, 3.05) is 7.11 Å².